The number of halogens is 2. The highest BCUT2D eigenvalue weighted by atomic mass is 35.5. The van der Waals surface area contributed by atoms with Crippen LogP contribution in [0.3, 0.4) is 0 Å². The first kappa shape index (κ1) is 26.2. The molecule has 1 N–H and O–H groups in total. The van der Waals surface area contributed by atoms with Gasteiger partial charge in [-0.3, -0.25) is 0 Å². The molecule has 176 valence electrons. The number of aliphatic hydroxyl groups is 1. The highest BCUT2D eigenvalue weighted by molar-refractivity contribution is 8.01. The number of aliphatic hydroxyl groups excluding tert-OH is 1. The number of nitrogens with zero attached hydrogens (tertiary/aromatic N) is 3. The monoisotopic (exact) mass is 533 g/mol. The number of carbonyl (C=O) groups excluding carboxylic acids is 2. The van der Waals surface area contributed by atoms with Crippen LogP contribution in [0.2, 0.25) is 10.0 Å². The summed E-state index contributed by atoms with van der Waals surface area (Å²) in [6.07, 6.45) is 2.25. The van der Waals surface area contributed by atoms with E-state index in [0.29, 0.717) is 15.3 Å². The molecule has 0 atom stereocenters. The average molecular weight is 534 g/mol. The molecule has 0 bridgehead atoms. The van der Waals surface area contributed by atoms with E-state index in [-0.39, 0.29) is 12.8 Å². The number of benzene rings is 2. The maximum Gasteiger partial charge on any atom is 0.373 e. The van der Waals surface area contributed by atoms with Gasteiger partial charge in [0, 0.05) is 22.6 Å². The summed E-state index contributed by atoms with van der Waals surface area (Å²) in [5.41, 5.74) is 5.72. The van der Waals surface area contributed by atoms with Crippen molar-refractivity contribution in [1.82, 2.24) is 14.8 Å². The van der Waals surface area contributed by atoms with Gasteiger partial charge in [0.15, 0.2) is 0 Å². The number of thiazole rings is 1. The van der Waals surface area contributed by atoms with Gasteiger partial charge in [0.1, 0.15) is 0 Å². The molecule has 0 aliphatic heterocycles. The number of rotatable bonds is 6. The molecule has 0 saturated carbocycles. The molecule has 2 aromatic carbocycles. The third-order valence-corrected chi connectivity index (χ3v) is 7.66. The van der Waals surface area contributed by atoms with Gasteiger partial charge in [-0.15, -0.1) is 11.8 Å². The Morgan fingerprint density at radius 2 is 1.74 bits per heavy atom. The first-order valence-corrected chi connectivity index (χ1v) is 12.6. The van der Waals surface area contributed by atoms with Crippen LogP contribution in [0.5, 0.6) is 0 Å². The second-order valence-electron chi connectivity index (χ2n) is 7.44. The molecule has 10 heteroatoms. The highest BCUT2D eigenvalue weighted by Gasteiger charge is 2.19. The van der Waals surface area contributed by atoms with Crippen LogP contribution in [0.4, 0.5) is 0 Å². The molecule has 0 amide bonds. The quantitative estimate of drug-likeness (QED) is 0.278. The molecular weight excluding hydrogens is 513 g/mol. The van der Waals surface area contributed by atoms with Crippen LogP contribution in [-0.2, 0) is 16.2 Å². The van der Waals surface area contributed by atoms with Crippen LogP contribution in [0, 0.1) is 6.92 Å². The van der Waals surface area contributed by atoms with Gasteiger partial charge in [-0.2, -0.15) is 14.7 Å². The summed E-state index contributed by atoms with van der Waals surface area (Å²) in [6, 6.07) is 13.5. The first-order chi connectivity index (χ1) is 16.3. The van der Waals surface area contributed by atoms with E-state index in [1.807, 2.05) is 54.2 Å². The van der Waals surface area contributed by atoms with E-state index in [9.17, 15) is 5.11 Å². The van der Waals surface area contributed by atoms with Crippen LogP contribution in [0.15, 0.2) is 52.9 Å². The number of aryl methyl sites for hydroxylation is 1. The van der Waals surface area contributed by atoms with Gasteiger partial charge in [0.05, 0.1) is 32.2 Å². The standard InChI is InChI=1S/C23H21Cl2N3OS2.CO2/c1-13(2)30-22-21(17-8-9-19(24)20(25)10-17)26-23(31-22)28-11-18(14(3)27-28)16-6-4-15(12-29)5-7-16;2-1-3/h4-11,13,29H,12H2,1-3H3;. The summed E-state index contributed by atoms with van der Waals surface area (Å²) < 4.78 is 2.95. The lowest BCUT2D eigenvalue weighted by Gasteiger charge is -2.05. The van der Waals surface area contributed by atoms with Crippen molar-refractivity contribution in [3.05, 3.63) is 70.0 Å². The van der Waals surface area contributed by atoms with Gasteiger partial charge in [0.25, 0.3) is 0 Å². The molecule has 34 heavy (non-hydrogen) atoms. The summed E-state index contributed by atoms with van der Waals surface area (Å²) in [6.45, 7) is 6.35. The van der Waals surface area contributed by atoms with Gasteiger partial charge in [-0.25, -0.2) is 9.67 Å². The highest BCUT2D eigenvalue weighted by Crippen LogP contribution is 2.41. The fraction of sp³-hybridized carbons (Fsp3) is 0.208. The van der Waals surface area contributed by atoms with E-state index in [0.717, 1.165) is 43.0 Å². The second-order valence-corrected chi connectivity index (χ2v) is 11.1. The van der Waals surface area contributed by atoms with Crippen molar-refractivity contribution in [1.29, 1.82) is 0 Å². The SMILES string of the molecule is Cc1nn(-c2nc(-c3ccc(Cl)c(Cl)c3)c(SC(C)C)s2)cc1-c1ccc(CO)cc1.O=C=O. The molecule has 0 aliphatic carbocycles. The van der Waals surface area contributed by atoms with Gasteiger partial charge in [-0.1, -0.05) is 78.7 Å². The summed E-state index contributed by atoms with van der Waals surface area (Å²) in [7, 11) is 0. The van der Waals surface area contributed by atoms with Crippen molar-refractivity contribution in [2.75, 3.05) is 0 Å². The van der Waals surface area contributed by atoms with Crippen LogP contribution >= 0.6 is 46.3 Å². The molecule has 2 heterocycles. The van der Waals surface area contributed by atoms with Crippen molar-refractivity contribution >= 4 is 52.5 Å². The molecule has 6 nitrogen and oxygen atoms in total. The van der Waals surface area contributed by atoms with Gasteiger partial charge in [0.2, 0.25) is 5.13 Å². The first-order valence-electron chi connectivity index (χ1n) is 10.2. The fourth-order valence-electron chi connectivity index (χ4n) is 3.14. The Hall–Kier alpha value is -2.45. The minimum atomic E-state index is 0.0332. The van der Waals surface area contributed by atoms with E-state index >= 15 is 0 Å². The number of aromatic nitrogens is 3. The van der Waals surface area contributed by atoms with Gasteiger partial charge < -0.3 is 5.11 Å². The van der Waals surface area contributed by atoms with E-state index < -0.39 is 0 Å². The summed E-state index contributed by atoms with van der Waals surface area (Å²) in [5, 5.41) is 16.2. The summed E-state index contributed by atoms with van der Waals surface area (Å²) >= 11 is 15.8. The van der Waals surface area contributed by atoms with Crippen LogP contribution in [-0.4, -0.2) is 31.3 Å². The topological polar surface area (TPSA) is 85.1 Å². The molecule has 0 fully saturated rings. The van der Waals surface area contributed by atoms with Crippen molar-refractivity contribution in [3.8, 4) is 27.5 Å². The van der Waals surface area contributed by atoms with Gasteiger partial charge in [-0.05, 0) is 30.2 Å². The van der Waals surface area contributed by atoms with Crippen LogP contribution in [0.1, 0.15) is 25.1 Å². The Morgan fingerprint density at radius 1 is 1.09 bits per heavy atom. The maximum absolute atomic E-state index is 9.28. The molecule has 4 rings (SSSR count). The van der Waals surface area contributed by atoms with Crippen molar-refractivity contribution in [2.45, 2.75) is 36.8 Å². The molecule has 0 unspecified atom stereocenters. The van der Waals surface area contributed by atoms with E-state index in [2.05, 4.69) is 13.8 Å². The molecule has 0 aliphatic rings. The molecule has 0 saturated heterocycles. The minimum absolute atomic E-state index is 0.0332. The Bertz CT molecular complexity index is 1310. The maximum atomic E-state index is 9.28. The normalized spacial score (nSPS) is 10.7. The third-order valence-electron chi connectivity index (χ3n) is 4.66. The number of hydrogen-bond acceptors (Lipinski definition) is 7. The van der Waals surface area contributed by atoms with Crippen LogP contribution in [0.25, 0.3) is 27.5 Å². The molecule has 0 radical (unpaired) electrons. The van der Waals surface area contributed by atoms with E-state index in [4.69, 9.17) is 42.9 Å². The van der Waals surface area contributed by atoms with Gasteiger partial charge >= 0.3 is 6.15 Å². The van der Waals surface area contributed by atoms with Crippen molar-refractivity contribution in [2.24, 2.45) is 0 Å². The molecular formula is C24H21Cl2N3O3S2. The van der Waals surface area contributed by atoms with E-state index in [1.165, 1.54) is 0 Å². The zero-order valence-corrected chi connectivity index (χ0v) is 21.7. The largest absolute Gasteiger partial charge is 0.392 e. The molecule has 4 aromatic rings. The van der Waals surface area contributed by atoms with E-state index in [1.54, 1.807) is 29.2 Å². The fourth-order valence-corrected chi connectivity index (χ4v) is 5.89. The molecule has 0 spiro atoms. The molecule has 2 aromatic heterocycles. The Kier molecular flexibility index (Phi) is 9.08. The smallest absolute Gasteiger partial charge is 0.373 e. The van der Waals surface area contributed by atoms with Crippen molar-refractivity contribution < 1.29 is 14.7 Å². The second kappa shape index (κ2) is 11.8. The van der Waals surface area contributed by atoms with Crippen molar-refractivity contribution in [3.63, 3.8) is 0 Å². The number of hydrogen-bond donors (Lipinski definition) is 1. The average Bonchev–Trinajstić information content (AvgIpc) is 3.39. The Morgan fingerprint density at radius 3 is 2.32 bits per heavy atom. The third kappa shape index (κ3) is 6.16. The Labute approximate surface area is 215 Å². The van der Waals surface area contributed by atoms with Crippen LogP contribution < -0.4 is 0 Å². The summed E-state index contributed by atoms with van der Waals surface area (Å²) in [5.74, 6) is 0. The summed E-state index contributed by atoms with van der Waals surface area (Å²) in [4.78, 5) is 21.2. The lowest BCUT2D eigenvalue weighted by molar-refractivity contribution is -0.191. The lowest BCUT2D eigenvalue weighted by atomic mass is 10.1. The predicted molar refractivity (Wildman–Crippen MR) is 137 cm³/mol. The lowest BCUT2D eigenvalue weighted by Crippen LogP contribution is -1.94. The predicted octanol–water partition coefficient (Wildman–Crippen LogP) is 6.69. The Balaban J connectivity index is 0.00000103. The number of thioether (sulfide) groups is 1. The zero-order chi connectivity index (χ0) is 24.8. The zero-order valence-electron chi connectivity index (χ0n) is 18.6. The minimum Gasteiger partial charge on any atom is -0.392 e.